The summed E-state index contributed by atoms with van der Waals surface area (Å²) in [6.45, 7) is 1.48. The lowest BCUT2D eigenvalue weighted by Crippen LogP contribution is -2.23. The fraction of sp³-hybridized carbons (Fsp3) is 0.0800. The van der Waals surface area contributed by atoms with E-state index >= 15 is 0 Å². The first-order valence-electron chi connectivity index (χ1n) is 10.2. The van der Waals surface area contributed by atoms with Crippen molar-refractivity contribution in [2.75, 3.05) is 5.32 Å². The molecule has 0 fully saturated rings. The van der Waals surface area contributed by atoms with E-state index in [-0.39, 0.29) is 23.1 Å². The number of carbonyl (C=O) groups is 2. The second-order valence-electron chi connectivity index (χ2n) is 7.43. The van der Waals surface area contributed by atoms with Crippen molar-refractivity contribution < 1.29 is 18.0 Å². The van der Waals surface area contributed by atoms with Crippen molar-refractivity contribution in [3.05, 3.63) is 102 Å². The Morgan fingerprint density at radius 3 is 2.24 bits per heavy atom. The fourth-order valence-electron chi connectivity index (χ4n) is 3.31. The molecule has 166 valence electrons. The van der Waals surface area contributed by atoms with E-state index in [1.165, 1.54) is 31.2 Å². The number of fused-ring (bicyclic) bond motifs is 1. The van der Waals surface area contributed by atoms with Crippen LogP contribution in [0.5, 0.6) is 0 Å². The summed E-state index contributed by atoms with van der Waals surface area (Å²) in [4.78, 5) is 28.4. The molecule has 0 aliphatic heterocycles. The van der Waals surface area contributed by atoms with E-state index < -0.39 is 10.0 Å². The molecular weight excluding hydrogens is 438 g/mol. The third-order valence-corrected chi connectivity index (χ3v) is 6.56. The largest absolute Gasteiger partial charge is 0.321 e. The van der Waals surface area contributed by atoms with Crippen LogP contribution in [0.25, 0.3) is 10.9 Å². The van der Waals surface area contributed by atoms with Crippen molar-refractivity contribution in [3.8, 4) is 0 Å². The smallest absolute Gasteiger partial charge is 0.255 e. The minimum atomic E-state index is -3.74. The van der Waals surface area contributed by atoms with Gasteiger partial charge in [-0.15, -0.1) is 0 Å². The minimum Gasteiger partial charge on any atom is -0.321 e. The molecule has 0 atom stereocenters. The number of Topliss-reactive ketones (excluding diaryl/α,β-unsaturated/α-hetero) is 1. The molecule has 4 aromatic rings. The molecule has 1 heterocycles. The first-order chi connectivity index (χ1) is 15.8. The van der Waals surface area contributed by atoms with Crippen LogP contribution in [0.15, 0.2) is 90.0 Å². The summed E-state index contributed by atoms with van der Waals surface area (Å²) in [6.07, 6.45) is 1.70. The number of hydrogen-bond donors (Lipinski definition) is 2. The van der Waals surface area contributed by atoms with Gasteiger partial charge in [0.15, 0.2) is 5.78 Å². The van der Waals surface area contributed by atoms with Crippen molar-refractivity contribution >= 4 is 38.3 Å². The molecule has 0 unspecified atom stereocenters. The monoisotopic (exact) mass is 459 g/mol. The Morgan fingerprint density at radius 1 is 0.848 bits per heavy atom. The second-order valence-corrected chi connectivity index (χ2v) is 9.20. The molecule has 0 saturated carbocycles. The number of amides is 1. The van der Waals surface area contributed by atoms with Crippen LogP contribution in [0.1, 0.15) is 33.2 Å². The summed E-state index contributed by atoms with van der Waals surface area (Å²) in [5.41, 5.74) is 3.04. The van der Waals surface area contributed by atoms with Crippen LogP contribution in [-0.4, -0.2) is 25.1 Å². The van der Waals surface area contributed by atoms with Gasteiger partial charge in [0.25, 0.3) is 5.91 Å². The molecule has 1 amide bonds. The molecule has 0 aliphatic carbocycles. The molecule has 1 aromatic heterocycles. The highest BCUT2D eigenvalue weighted by atomic mass is 32.2. The van der Waals surface area contributed by atoms with Gasteiger partial charge in [-0.25, -0.2) is 13.1 Å². The summed E-state index contributed by atoms with van der Waals surface area (Å²) in [5.74, 6) is -0.405. The normalized spacial score (nSPS) is 11.3. The van der Waals surface area contributed by atoms with E-state index in [0.29, 0.717) is 22.4 Å². The highest BCUT2D eigenvalue weighted by Gasteiger charge is 2.15. The Hall–Kier alpha value is -3.88. The van der Waals surface area contributed by atoms with Crippen molar-refractivity contribution in [3.63, 3.8) is 0 Å². The number of pyridine rings is 1. The second kappa shape index (κ2) is 9.32. The average Bonchev–Trinajstić information content (AvgIpc) is 2.83. The lowest BCUT2D eigenvalue weighted by Gasteiger charge is -2.10. The molecule has 0 aliphatic rings. The zero-order chi connectivity index (χ0) is 23.4. The van der Waals surface area contributed by atoms with E-state index in [4.69, 9.17) is 0 Å². The van der Waals surface area contributed by atoms with E-state index in [9.17, 15) is 18.0 Å². The lowest BCUT2D eigenvalue weighted by molar-refractivity contribution is 0.101. The molecule has 0 radical (unpaired) electrons. The number of carbonyl (C=O) groups excluding carboxylic acids is 2. The van der Waals surface area contributed by atoms with Crippen molar-refractivity contribution in [1.82, 2.24) is 9.71 Å². The van der Waals surface area contributed by atoms with Crippen molar-refractivity contribution in [1.29, 1.82) is 0 Å². The SMILES string of the molecule is CC(=O)c1ccc(S(=O)(=O)NCc2ccc(C(=O)Nc3cccc4ncccc34)cc2)cc1. The molecule has 3 aromatic carbocycles. The summed E-state index contributed by atoms with van der Waals surface area (Å²) >= 11 is 0. The third kappa shape index (κ3) is 5.14. The Balaban J connectivity index is 1.41. The molecule has 7 nitrogen and oxygen atoms in total. The van der Waals surface area contributed by atoms with E-state index in [1.807, 2.05) is 30.3 Å². The summed E-state index contributed by atoms with van der Waals surface area (Å²) in [6, 6.07) is 21.7. The van der Waals surface area contributed by atoms with Crippen LogP contribution < -0.4 is 10.0 Å². The Bertz CT molecular complexity index is 1430. The van der Waals surface area contributed by atoms with Gasteiger partial charge in [-0.1, -0.05) is 30.3 Å². The van der Waals surface area contributed by atoms with Gasteiger partial charge in [0, 0.05) is 29.3 Å². The minimum absolute atomic E-state index is 0.0632. The predicted octanol–water partition coefficient (Wildman–Crippen LogP) is 4.17. The van der Waals surface area contributed by atoms with Gasteiger partial charge in [-0.05, 0) is 61.0 Å². The van der Waals surface area contributed by atoms with E-state index in [0.717, 1.165) is 10.9 Å². The third-order valence-electron chi connectivity index (χ3n) is 5.15. The first kappa shape index (κ1) is 22.3. The average molecular weight is 460 g/mol. The highest BCUT2D eigenvalue weighted by molar-refractivity contribution is 7.89. The summed E-state index contributed by atoms with van der Waals surface area (Å²) < 4.78 is 27.5. The van der Waals surface area contributed by atoms with Gasteiger partial charge in [-0.3, -0.25) is 14.6 Å². The van der Waals surface area contributed by atoms with E-state index in [2.05, 4.69) is 15.0 Å². The van der Waals surface area contributed by atoms with Gasteiger partial charge >= 0.3 is 0 Å². The standard InChI is InChI=1S/C25H21N3O4S/c1-17(29)19-11-13-21(14-12-19)33(31,32)27-16-18-7-9-20(10-8-18)25(30)28-24-6-2-5-23-22(24)4-3-15-26-23/h2-15,27H,16H2,1H3,(H,28,30). The van der Waals surface area contributed by atoms with Crippen LogP contribution in [0.3, 0.4) is 0 Å². The van der Waals surface area contributed by atoms with Crippen LogP contribution in [0, 0.1) is 0 Å². The van der Waals surface area contributed by atoms with Crippen LogP contribution >= 0.6 is 0 Å². The summed E-state index contributed by atoms with van der Waals surface area (Å²) in [5, 5.41) is 3.74. The Morgan fingerprint density at radius 2 is 1.55 bits per heavy atom. The zero-order valence-electron chi connectivity index (χ0n) is 17.8. The van der Waals surface area contributed by atoms with Gasteiger partial charge in [0.2, 0.25) is 10.0 Å². The molecule has 0 saturated heterocycles. The number of anilines is 1. The molecule has 2 N–H and O–H groups in total. The number of rotatable bonds is 7. The van der Waals surface area contributed by atoms with Gasteiger partial charge in [0.05, 0.1) is 16.1 Å². The highest BCUT2D eigenvalue weighted by Crippen LogP contribution is 2.22. The number of nitrogens with one attached hydrogen (secondary N) is 2. The van der Waals surface area contributed by atoms with Crippen LogP contribution in [0.2, 0.25) is 0 Å². The number of nitrogens with zero attached hydrogens (tertiary/aromatic N) is 1. The van der Waals surface area contributed by atoms with Gasteiger partial charge in [-0.2, -0.15) is 0 Å². The lowest BCUT2D eigenvalue weighted by atomic mass is 10.1. The number of aromatic nitrogens is 1. The van der Waals surface area contributed by atoms with Crippen molar-refractivity contribution in [2.45, 2.75) is 18.4 Å². The number of hydrogen-bond acceptors (Lipinski definition) is 5. The first-order valence-corrected chi connectivity index (χ1v) is 11.7. The van der Waals surface area contributed by atoms with E-state index in [1.54, 1.807) is 30.5 Å². The molecule has 0 bridgehead atoms. The zero-order valence-corrected chi connectivity index (χ0v) is 18.6. The molecule has 33 heavy (non-hydrogen) atoms. The quantitative estimate of drug-likeness (QED) is 0.404. The fourth-order valence-corrected chi connectivity index (χ4v) is 4.33. The molecule has 8 heteroatoms. The van der Waals surface area contributed by atoms with Crippen LogP contribution in [0.4, 0.5) is 5.69 Å². The topological polar surface area (TPSA) is 105 Å². The molecular formula is C25H21N3O4S. The van der Waals surface area contributed by atoms with Crippen LogP contribution in [-0.2, 0) is 16.6 Å². The number of ketones is 1. The van der Waals surface area contributed by atoms with Gasteiger partial charge in [0.1, 0.15) is 0 Å². The predicted molar refractivity (Wildman–Crippen MR) is 127 cm³/mol. The molecule has 0 spiro atoms. The Kier molecular flexibility index (Phi) is 6.30. The van der Waals surface area contributed by atoms with Gasteiger partial charge < -0.3 is 5.32 Å². The van der Waals surface area contributed by atoms with Crippen molar-refractivity contribution in [2.24, 2.45) is 0 Å². The summed E-state index contributed by atoms with van der Waals surface area (Å²) in [7, 11) is -3.74. The number of sulfonamides is 1. The molecule has 4 rings (SSSR count). The Labute approximate surface area is 191 Å². The maximum Gasteiger partial charge on any atom is 0.255 e. The number of benzene rings is 3. The maximum absolute atomic E-state index is 12.7. The maximum atomic E-state index is 12.7.